The normalized spacial score (nSPS) is 7.80. The van der Waals surface area contributed by atoms with Crippen molar-refractivity contribution >= 4 is 27.8 Å². The summed E-state index contributed by atoms with van der Waals surface area (Å²) in [5.74, 6) is 0. The Morgan fingerprint density at radius 1 is 1.60 bits per heavy atom. The van der Waals surface area contributed by atoms with Gasteiger partial charge in [-0.25, -0.2) is 0 Å². The molecule has 5 heavy (non-hydrogen) atoms. The van der Waals surface area contributed by atoms with Crippen molar-refractivity contribution in [1.82, 2.24) is 0 Å². The van der Waals surface area contributed by atoms with Crippen LogP contribution in [0.3, 0.4) is 0 Å². The molecule has 0 saturated carbocycles. The van der Waals surface area contributed by atoms with Gasteiger partial charge in [0.1, 0.15) is 0 Å². The monoisotopic (exact) mass is 148 g/mol. The van der Waals surface area contributed by atoms with Gasteiger partial charge in [-0.1, -0.05) is 0 Å². The molecule has 0 atom stereocenters. The summed E-state index contributed by atoms with van der Waals surface area (Å²) >= 11 is 4.67. The molecular weight excluding hydrogens is 141 g/mol. The van der Waals surface area contributed by atoms with E-state index in [4.69, 9.17) is 11.6 Å². The summed E-state index contributed by atoms with van der Waals surface area (Å²) in [5, 5.41) is 0. The molecule has 0 fully saturated rings. The Morgan fingerprint density at radius 3 is 1.80 bits per heavy atom. The summed E-state index contributed by atoms with van der Waals surface area (Å²) in [6, 6.07) is 0. The van der Waals surface area contributed by atoms with E-state index < -0.39 is 16.2 Å². The van der Waals surface area contributed by atoms with Crippen molar-refractivity contribution in [2.45, 2.75) is 11.0 Å². The predicted molar refractivity (Wildman–Crippen MR) is 28.2 cm³/mol. The average molecular weight is 149 g/mol. The molecule has 0 aliphatic heterocycles. The number of hydrogen-bond acceptors (Lipinski definition) is 0. The molecule has 2 heteroatoms. The van der Waals surface area contributed by atoms with Gasteiger partial charge in [-0.3, -0.25) is 0 Å². The fraction of sp³-hybridized carbons (Fsp3) is 1.00. The van der Waals surface area contributed by atoms with Crippen LogP contribution in [0.4, 0.5) is 0 Å². The van der Waals surface area contributed by atoms with E-state index in [0.717, 1.165) is 4.43 Å². The molecule has 0 aromatic heterocycles. The number of alkyl halides is 1. The van der Waals surface area contributed by atoms with Gasteiger partial charge in [0.15, 0.2) is 0 Å². The Kier molecular flexibility index (Phi) is 3.71. The van der Waals surface area contributed by atoms with E-state index in [1.54, 1.807) is 0 Å². The Hall–Kier alpha value is 0.926. The molecule has 0 bridgehead atoms. The summed E-state index contributed by atoms with van der Waals surface area (Å²) in [6.07, 6.45) is 0. The minimum absolute atomic E-state index is 0.746. The molecule has 0 spiro atoms. The van der Waals surface area contributed by atoms with Crippen LogP contribution in [0.25, 0.3) is 0 Å². The quantitative estimate of drug-likeness (QED) is 0.392. The molecule has 0 aliphatic carbocycles. The van der Waals surface area contributed by atoms with E-state index in [1.165, 1.54) is 0 Å². The van der Waals surface area contributed by atoms with Crippen LogP contribution >= 0.6 is 11.6 Å². The standard InChI is InChI=1S/CH2Cl.2CH3.Ga/c1-2;;;/h1H2;2*1H3;. The van der Waals surface area contributed by atoms with Crippen LogP contribution in [0, 0.1) is 0 Å². The maximum atomic E-state index is 5.42. The average Bonchev–Trinajstić information content (AvgIpc) is 1.38. The van der Waals surface area contributed by atoms with Crippen LogP contribution < -0.4 is 0 Å². The molecule has 0 radical (unpaired) electrons. The van der Waals surface area contributed by atoms with Gasteiger partial charge >= 0.3 is 43.2 Å². The van der Waals surface area contributed by atoms with Crippen LogP contribution in [-0.4, -0.2) is 20.7 Å². The zero-order valence-electron chi connectivity index (χ0n) is 3.66. The fourth-order valence-corrected chi connectivity index (χ4v) is 0. The van der Waals surface area contributed by atoms with E-state index in [0.29, 0.717) is 0 Å². The van der Waals surface area contributed by atoms with Crippen LogP contribution in [0.5, 0.6) is 0 Å². The van der Waals surface area contributed by atoms with E-state index >= 15 is 0 Å². The molecular formula is C3H8ClGa. The topological polar surface area (TPSA) is 0 Å². The van der Waals surface area contributed by atoms with Crippen LogP contribution in [-0.2, 0) is 0 Å². The number of halogens is 1. The minimum atomic E-state index is -0.746. The summed E-state index contributed by atoms with van der Waals surface area (Å²) in [5.41, 5.74) is 4.56. The number of rotatable bonds is 1. The van der Waals surface area contributed by atoms with Crippen molar-refractivity contribution in [3.05, 3.63) is 0 Å². The van der Waals surface area contributed by atoms with E-state index in [2.05, 4.69) is 11.0 Å². The van der Waals surface area contributed by atoms with E-state index in [9.17, 15) is 0 Å². The molecule has 0 rings (SSSR count). The molecule has 0 nitrogen and oxygen atoms in total. The second-order valence-electron chi connectivity index (χ2n) is 1.55. The van der Waals surface area contributed by atoms with Crippen molar-refractivity contribution in [3.63, 3.8) is 0 Å². The van der Waals surface area contributed by atoms with Gasteiger partial charge < -0.3 is 0 Å². The second-order valence-corrected chi connectivity index (χ2v) is 9.65. The number of hydrogen-bond donors (Lipinski definition) is 0. The van der Waals surface area contributed by atoms with E-state index in [1.807, 2.05) is 0 Å². The zero-order chi connectivity index (χ0) is 4.28. The van der Waals surface area contributed by atoms with Crippen molar-refractivity contribution in [3.8, 4) is 0 Å². The zero-order valence-corrected chi connectivity index (χ0v) is 6.84. The molecule has 0 saturated heterocycles. The summed E-state index contributed by atoms with van der Waals surface area (Å²) in [6.45, 7) is 0. The van der Waals surface area contributed by atoms with Gasteiger partial charge in [0.25, 0.3) is 0 Å². The Morgan fingerprint density at radius 2 is 1.80 bits per heavy atom. The summed E-state index contributed by atoms with van der Waals surface area (Å²) in [7, 11) is 0. The third kappa shape index (κ3) is 4.93. The van der Waals surface area contributed by atoms with Gasteiger partial charge in [0, 0.05) is 0 Å². The Labute approximate surface area is 43.5 Å². The van der Waals surface area contributed by atoms with Crippen molar-refractivity contribution in [2.75, 3.05) is 4.43 Å². The van der Waals surface area contributed by atoms with Gasteiger partial charge in [-0.2, -0.15) is 0 Å². The first-order chi connectivity index (χ1) is 2.27. The van der Waals surface area contributed by atoms with Gasteiger partial charge in [-0.05, 0) is 0 Å². The molecule has 0 aromatic rings. The molecule has 0 aromatic carbocycles. The summed E-state index contributed by atoms with van der Waals surface area (Å²) in [4.78, 5) is 0. The molecule has 0 unspecified atom stereocenters. The SMILES string of the molecule is [CH3][Ga]([CH3])[CH2]Cl. The molecule has 0 heterocycles. The fourth-order valence-electron chi connectivity index (χ4n) is 0. The van der Waals surface area contributed by atoms with Crippen LogP contribution in [0.1, 0.15) is 0 Å². The van der Waals surface area contributed by atoms with Crippen molar-refractivity contribution < 1.29 is 0 Å². The molecule has 0 N–H and O–H groups in total. The van der Waals surface area contributed by atoms with Gasteiger partial charge in [0.05, 0.1) is 0 Å². The Balaban J connectivity index is 2.54. The first-order valence-corrected chi connectivity index (χ1v) is 8.92. The first-order valence-electron chi connectivity index (χ1n) is 1.83. The van der Waals surface area contributed by atoms with Crippen molar-refractivity contribution in [2.24, 2.45) is 0 Å². The second kappa shape index (κ2) is 3.13. The predicted octanol–water partition coefficient (Wildman–Crippen LogP) is 1.52. The third-order valence-corrected chi connectivity index (χ3v) is 4.81. The molecule has 0 aliphatic rings. The first kappa shape index (κ1) is 5.93. The van der Waals surface area contributed by atoms with Crippen LogP contribution in [0.15, 0.2) is 0 Å². The van der Waals surface area contributed by atoms with Crippen molar-refractivity contribution in [1.29, 1.82) is 0 Å². The Bertz CT molecular complexity index is 20.9. The maximum absolute atomic E-state index is 5.42. The van der Waals surface area contributed by atoms with Gasteiger partial charge in [-0.15, -0.1) is 0 Å². The summed E-state index contributed by atoms with van der Waals surface area (Å²) < 4.78 is 0.965. The third-order valence-electron chi connectivity index (χ3n) is 0.309. The van der Waals surface area contributed by atoms with E-state index in [-0.39, 0.29) is 0 Å². The van der Waals surface area contributed by atoms with Crippen LogP contribution in [0.2, 0.25) is 11.0 Å². The molecule has 30 valence electrons. The van der Waals surface area contributed by atoms with Gasteiger partial charge in [0.2, 0.25) is 0 Å². The molecule has 0 amide bonds.